The molecule has 0 N–H and O–H groups in total. The minimum absolute atomic E-state index is 0.690. The monoisotopic (exact) mass is 702 g/mol. The van der Waals surface area contributed by atoms with Crippen LogP contribution < -0.4 is 4.90 Å². The third-order valence-corrected chi connectivity index (χ3v) is 10.2. The molecular weight excluding hydrogens is 669 g/mol. The molecule has 10 rings (SSSR count). The molecule has 2 aromatic heterocycles. The lowest BCUT2D eigenvalue weighted by Gasteiger charge is -2.25. The fourth-order valence-electron chi connectivity index (χ4n) is 7.59. The second-order valence-corrected chi connectivity index (χ2v) is 13.6. The fraction of sp³-hybridized carbons (Fsp3) is 0. The number of hydrogen-bond donors (Lipinski definition) is 0. The van der Waals surface area contributed by atoms with Crippen LogP contribution in [0.15, 0.2) is 206 Å². The van der Waals surface area contributed by atoms with Crippen molar-refractivity contribution in [3.05, 3.63) is 206 Å². The normalized spacial score (nSPS) is 11.3. The van der Waals surface area contributed by atoms with Crippen molar-refractivity contribution in [2.24, 2.45) is 0 Å². The smallest absolute Gasteiger partial charge is 0.160 e. The van der Waals surface area contributed by atoms with Gasteiger partial charge in [0.15, 0.2) is 5.82 Å². The highest BCUT2D eigenvalue weighted by atomic mass is 15.1. The van der Waals surface area contributed by atoms with E-state index in [-0.39, 0.29) is 0 Å². The summed E-state index contributed by atoms with van der Waals surface area (Å²) in [5.41, 5.74) is 11.1. The van der Waals surface area contributed by atoms with Gasteiger partial charge < -0.3 is 4.90 Å². The minimum atomic E-state index is 0.690. The van der Waals surface area contributed by atoms with Crippen LogP contribution in [0.2, 0.25) is 0 Å². The first-order valence-electron chi connectivity index (χ1n) is 18.5. The molecule has 2 heterocycles. The van der Waals surface area contributed by atoms with E-state index in [2.05, 4.69) is 175 Å². The van der Waals surface area contributed by atoms with E-state index in [1.165, 1.54) is 5.39 Å². The molecular formula is C51H34N4. The van der Waals surface area contributed by atoms with E-state index in [1.807, 2.05) is 36.4 Å². The van der Waals surface area contributed by atoms with Crippen molar-refractivity contribution >= 4 is 49.5 Å². The lowest BCUT2D eigenvalue weighted by Crippen LogP contribution is -2.09. The van der Waals surface area contributed by atoms with E-state index in [0.717, 1.165) is 83.5 Å². The average Bonchev–Trinajstić information content (AvgIpc) is 3.27. The highest BCUT2D eigenvalue weighted by molar-refractivity contribution is 6.22. The second-order valence-electron chi connectivity index (χ2n) is 13.6. The van der Waals surface area contributed by atoms with E-state index < -0.39 is 0 Å². The van der Waals surface area contributed by atoms with E-state index in [1.54, 1.807) is 0 Å². The Bertz CT molecular complexity index is 2850. The summed E-state index contributed by atoms with van der Waals surface area (Å²) < 4.78 is 0. The molecule has 0 unspecified atom stereocenters. The Morgan fingerprint density at radius 1 is 0.327 bits per heavy atom. The summed E-state index contributed by atoms with van der Waals surface area (Å²) in [5.74, 6) is 0.690. The van der Waals surface area contributed by atoms with Crippen LogP contribution in [0.1, 0.15) is 0 Å². The van der Waals surface area contributed by atoms with E-state index >= 15 is 0 Å². The maximum absolute atomic E-state index is 5.30. The van der Waals surface area contributed by atoms with Crippen LogP contribution in [-0.4, -0.2) is 15.0 Å². The minimum Gasteiger partial charge on any atom is -0.311 e. The molecule has 258 valence electrons. The first-order chi connectivity index (χ1) is 27.3. The molecule has 0 atom stereocenters. The molecule has 0 spiro atoms. The summed E-state index contributed by atoms with van der Waals surface area (Å²) in [4.78, 5) is 17.9. The Morgan fingerprint density at radius 3 is 1.45 bits per heavy atom. The fourth-order valence-corrected chi connectivity index (χ4v) is 7.59. The Balaban J connectivity index is 1.14. The van der Waals surface area contributed by atoms with Crippen molar-refractivity contribution in [3.63, 3.8) is 0 Å². The topological polar surface area (TPSA) is 41.9 Å². The van der Waals surface area contributed by atoms with Crippen LogP contribution in [0.5, 0.6) is 0 Å². The zero-order chi connectivity index (χ0) is 36.6. The van der Waals surface area contributed by atoms with Gasteiger partial charge in [-0.15, -0.1) is 0 Å². The number of rotatable bonds is 7. The summed E-state index contributed by atoms with van der Waals surface area (Å²) in [6, 6.07) is 72.0. The van der Waals surface area contributed by atoms with E-state index in [9.17, 15) is 0 Å². The van der Waals surface area contributed by atoms with E-state index in [0.29, 0.717) is 5.82 Å². The molecule has 4 nitrogen and oxygen atoms in total. The van der Waals surface area contributed by atoms with Crippen LogP contribution in [-0.2, 0) is 0 Å². The van der Waals surface area contributed by atoms with Gasteiger partial charge in [0.05, 0.1) is 22.6 Å². The Labute approximate surface area is 319 Å². The Hall–Kier alpha value is -7.43. The molecule has 0 aliphatic heterocycles. The molecule has 4 heteroatoms. The van der Waals surface area contributed by atoms with Gasteiger partial charge in [0.2, 0.25) is 0 Å². The van der Waals surface area contributed by atoms with Crippen LogP contribution >= 0.6 is 0 Å². The molecule has 0 saturated heterocycles. The standard InChI is InChI=1S/C51H34N4/c1-5-15-36(16-6-1)47-34-48(37-17-7-2-8-18-37)54-51(53-47)39-26-25-35-29-32-44-49(45(35)33-39)43-23-13-14-24-46(43)52-50(44)38-27-30-42(31-28-38)55(40-19-9-3-10-20-40)41-21-11-4-12-22-41/h1-34H. The van der Waals surface area contributed by atoms with Crippen LogP contribution in [0, 0.1) is 0 Å². The SMILES string of the molecule is c1ccc(-c2cc(-c3ccccc3)nc(-c3ccc4ccc5c(-c6ccc(N(c7ccccc7)c7ccccc7)cc6)nc6ccccc6c5c4c3)n2)cc1. The number of anilines is 3. The summed E-state index contributed by atoms with van der Waals surface area (Å²) in [6.45, 7) is 0. The molecule has 10 aromatic rings. The van der Waals surface area contributed by atoms with Crippen molar-refractivity contribution in [1.29, 1.82) is 0 Å². The first kappa shape index (κ1) is 32.2. The number of para-hydroxylation sites is 3. The first-order valence-corrected chi connectivity index (χ1v) is 18.5. The second kappa shape index (κ2) is 13.8. The molecule has 0 aliphatic rings. The summed E-state index contributed by atoms with van der Waals surface area (Å²) in [6.07, 6.45) is 0. The van der Waals surface area contributed by atoms with Gasteiger partial charge in [-0.1, -0.05) is 152 Å². The third kappa shape index (κ3) is 6.06. The maximum atomic E-state index is 5.30. The van der Waals surface area contributed by atoms with Gasteiger partial charge in [-0.05, 0) is 65.4 Å². The zero-order valence-corrected chi connectivity index (χ0v) is 29.9. The zero-order valence-electron chi connectivity index (χ0n) is 29.9. The van der Waals surface area contributed by atoms with Crippen LogP contribution in [0.3, 0.4) is 0 Å². The average molecular weight is 703 g/mol. The molecule has 0 fully saturated rings. The lowest BCUT2D eigenvalue weighted by atomic mass is 9.94. The van der Waals surface area contributed by atoms with Crippen LogP contribution in [0.25, 0.3) is 77.6 Å². The van der Waals surface area contributed by atoms with E-state index in [4.69, 9.17) is 15.0 Å². The summed E-state index contributed by atoms with van der Waals surface area (Å²) in [5, 5.41) is 5.67. The molecule has 0 radical (unpaired) electrons. The van der Waals surface area contributed by atoms with Gasteiger partial charge in [0.1, 0.15) is 0 Å². The van der Waals surface area contributed by atoms with Crippen molar-refractivity contribution in [2.45, 2.75) is 0 Å². The quantitative estimate of drug-likeness (QED) is 0.155. The molecule has 0 aliphatic carbocycles. The Kier molecular flexibility index (Phi) is 8.12. The van der Waals surface area contributed by atoms with Crippen molar-refractivity contribution < 1.29 is 0 Å². The van der Waals surface area contributed by atoms with Crippen LogP contribution in [0.4, 0.5) is 17.1 Å². The summed E-state index contributed by atoms with van der Waals surface area (Å²) >= 11 is 0. The third-order valence-electron chi connectivity index (χ3n) is 10.2. The molecule has 8 aromatic carbocycles. The molecule has 55 heavy (non-hydrogen) atoms. The number of pyridine rings is 1. The van der Waals surface area contributed by atoms with Gasteiger partial charge in [-0.3, -0.25) is 0 Å². The molecule has 0 bridgehead atoms. The van der Waals surface area contributed by atoms with Gasteiger partial charge in [-0.2, -0.15) is 0 Å². The van der Waals surface area contributed by atoms with Crippen molar-refractivity contribution in [1.82, 2.24) is 15.0 Å². The number of aromatic nitrogens is 3. The van der Waals surface area contributed by atoms with Gasteiger partial charge >= 0.3 is 0 Å². The van der Waals surface area contributed by atoms with Gasteiger partial charge in [-0.25, -0.2) is 15.0 Å². The van der Waals surface area contributed by atoms with Gasteiger partial charge in [0.25, 0.3) is 0 Å². The highest BCUT2D eigenvalue weighted by Crippen LogP contribution is 2.40. The molecule has 0 amide bonds. The number of fused-ring (bicyclic) bond motifs is 5. The number of benzene rings is 8. The number of hydrogen-bond acceptors (Lipinski definition) is 4. The molecule has 0 saturated carbocycles. The highest BCUT2D eigenvalue weighted by Gasteiger charge is 2.17. The lowest BCUT2D eigenvalue weighted by molar-refractivity contribution is 1.18. The predicted octanol–water partition coefficient (Wildman–Crippen LogP) is 13.5. The number of nitrogens with zero attached hydrogens (tertiary/aromatic N) is 4. The van der Waals surface area contributed by atoms with Gasteiger partial charge in [0, 0.05) is 55.5 Å². The maximum Gasteiger partial charge on any atom is 0.160 e. The summed E-state index contributed by atoms with van der Waals surface area (Å²) in [7, 11) is 0. The predicted molar refractivity (Wildman–Crippen MR) is 229 cm³/mol. The van der Waals surface area contributed by atoms with Crippen molar-refractivity contribution in [3.8, 4) is 45.2 Å². The largest absolute Gasteiger partial charge is 0.311 e. The Morgan fingerprint density at radius 2 is 0.836 bits per heavy atom. The van der Waals surface area contributed by atoms with Crippen molar-refractivity contribution in [2.75, 3.05) is 4.90 Å².